The van der Waals surface area contributed by atoms with E-state index in [0.29, 0.717) is 6.04 Å². The first-order chi connectivity index (χ1) is 9.72. The molecule has 3 heteroatoms. The number of hydrogen-bond acceptors (Lipinski definition) is 2. The summed E-state index contributed by atoms with van der Waals surface area (Å²) in [5.74, 6) is 0. The summed E-state index contributed by atoms with van der Waals surface area (Å²) < 4.78 is 2.00. The maximum absolute atomic E-state index is 4.31. The largest absolute Gasteiger partial charge is 0.308 e. The van der Waals surface area contributed by atoms with Crippen LogP contribution in [0, 0.1) is 6.92 Å². The van der Waals surface area contributed by atoms with E-state index < -0.39 is 0 Å². The second-order valence-electron chi connectivity index (χ2n) is 5.29. The van der Waals surface area contributed by atoms with E-state index in [0.717, 1.165) is 25.9 Å². The lowest BCUT2D eigenvalue weighted by molar-refractivity contribution is 0.476. The summed E-state index contributed by atoms with van der Waals surface area (Å²) in [4.78, 5) is 0. The Hall–Kier alpha value is -1.61. The molecule has 0 radical (unpaired) electrons. The van der Waals surface area contributed by atoms with Crippen molar-refractivity contribution in [3.8, 4) is 0 Å². The van der Waals surface area contributed by atoms with Crippen LogP contribution in [0.4, 0.5) is 0 Å². The van der Waals surface area contributed by atoms with Crippen LogP contribution in [0.1, 0.15) is 43.0 Å². The van der Waals surface area contributed by atoms with Crippen molar-refractivity contribution in [2.45, 2.75) is 46.2 Å². The zero-order valence-corrected chi connectivity index (χ0v) is 12.8. The van der Waals surface area contributed by atoms with Gasteiger partial charge in [-0.05, 0) is 36.5 Å². The summed E-state index contributed by atoms with van der Waals surface area (Å²) >= 11 is 0. The fourth-order valence-electron chi connectivity index (χ4n) is 2.43. The summed E-state index contributed by atoms with van der Waals surface area (Å²) in [6.07, 6.45) is 6.19. The van der Waals surface area contributed by atoms with Crippen LogP contribution < -0.4 is 5.32 Å². The van der Waals surface area contributed by atoms with Crippen LogP contribution in [0.25, 0.3) is 0 Å². The molecule has 1 heterocycles. The van der Waals surface area contributed by atoms with Crippen molar-refractivity contribution in [2.24, 2.45) is 0 Å². The van der Waals surface area contributed by atoms with Crippen molar-refractivity contribution in [3.63, 3.8) is 0 Å². The second kappa shape index (κ2) is 7.25. The molecule has 1 N–H and O–H groups in total. The quantitative estimate of drug-likeness (QED) is 0.835. The maximum Gasteiger partial charge on any atom is 0.0534 e. The van der Waals surface area contributed by atoms with Gasteiger partial charge in [0.1, 0.15) is 0 Å². The third kappa shape index (κ3) is 3.94. The van der Waals surface area contributed by atoms with E-state index in [1.807, 2.05) is 10.9 Å². The van der Waals surface area contributed by atoms with Gasteiger partial charge in [-0.1, -0.05) is 38.1 Å². The normalized spacial score (nSPS) is 12.6. The lowest BCUT2D eigenvalue weighted by Crippen LogP contribution is -2.25. The molecule has 1 unspecified atom stereocenters. The molecule has 0 amide bonds. The molecule has 108 valence electrons. The Labute approximate surface area is 122 Å². The number of benzene rings is 1. The van der Waals surface area contributed by atoms with Crippen LogP contribution in [-0.4, -0.2) is 16.3 Å². The molecule has 0 saturated carbocycles. The highest BCUT2D eigenvalue weighted by Crippen LogP contribution is 2.17. The number of nitrogens with zero attached hydrogens (tertiary/aromatic N) is 2. The Morgan fingerprint density at radius 1 is 1.20 bits per heavy atom. The third-order valence-corrected chi connectivity index (χ3v) is 3.69. The van der Waals surface area contributed by atoms with Crippen molar-refractivity contribution in [1.82, 2.24) is 15.1 Å². The van der Waals surface area contributed by atoms with Crippen molar-refractivity contribution in [2.75, 3.05) is 6.54 Å². The lowest BCUT2D eigenvalue weighted by atomic mass is 10.0. The van der Waals surface area contributed by atoms with Crippen LogP contribution in [0.5, 0.6) is 0 Å². The van der Waals surface area contributed by atoms with Gasteiger partial charge in [0, 0.05) is 18.8 Å². The number of aromatic nitrogens is 2. The first-order valence-corrected chi connectivity index (χ1v) is 7.54. The lowest BCUT2D eigenvalue weighted by Gasteiger charge is -2.18. The molecule has 1 aromatic carbocycles. The number of rotatable bonds is 7. The van der Waals surface area contributed by atoms with Gasteiger partial charge in [-0.15, -0.1) is 0 Å². The van der Waals surface area contributed by atoms with Crippen LogP contribution in [-0.2, 0) is 13.0 Å². The molecule has 0 bridgehead atoms. The zero-order valence-electron chi connectivity index (χ0n) is 12.8. The predicted molar refractivity (Wildman–Crippen MR) is 83.8 cm³/mol. The molecule has 1 atom stereocenters. The summed E-state index contributed by atoms with van der Waals surface area (Å²) in [7, 11) is 0. The van der Waals surface area contributed by atoms with E-state index >= 15 is 0 Å². The van der Waals surface area contributed by atoms with Crippen LogP contribution >= 0.6 is 0 Å². The Balaban J connectivity index is 1.88. The molecule has 0 fully saturated rings. The van der Waals surface area contributed by atoms with Gasteiger partial charge in [-0.25, -0.2) is 0 Å². The standard InChI is InChI=1S/C17H25N3/c1-4-15-6-8-16(9-7-15)17(5-2)18-10-11-20-13-14(3)12-19-20/h6-9,12-13,17-18H,4-5,10-11H2,1-3H3. The molecule has 3 nitrogen and oxygen atoms in total. The predicted octanol–water partition coefficient (Wildman–Crippen LogP) is 3.49. The first kappa shape index (κ1) is 14.8. The van der Waals surface area contributed by atoms with Gasteiger partial charge in [0.25, 0.3) is 0 Å². The van der Waals surface area contributed by atoms with Crippen molar-refractivity contribution < 1.29 is 0 Å². The van der Waals surface area contributed by atoms with E-state index in [1.54, 1.807) is 0 Å². The van der Waals surface area contributed by atoms with Gasteiger partial charge >= 0.3 is 0 Å². The molecule has 0 aliphatic rings. The second-order valence-corrected chi connectivity index (χ2v) is 5.29. The fourth-order valence-corrected chi connectivity index (χ4v) is 2.43. The third-order valence-electron chi connectivity index (χ3n) is 3.69. The Kier molecular flexibility index (Phi) is 5.36. The van der Waals surface area contributed by atoms with E-state index in [-0.39, 0.29) is 0 Å². The van der Waals surface area contributed by atoms with E-state index in [1.165, 1.54) is 16.7 Å². The Morgan fingerprint density at radius 3 is 2.50 bits per heavy atom. The molecule has 20 heavy (non-hydrogen) atoms. The highest BCUT2D eigenvalue weighted by molar-refractivity contribution is 5.25. The average Bonchev–Trinajstić information content (AvgIpc) is 2.89. The SMILES string of the molecule is CCc1ccc(C(CC)NCCn2cc(C)cn2)cc1. The number of nitrogens with one attached hydrogen (secondary N) is 1. The molecule has 0 aliphatic carbocycles. The minimum Gasteiger partial charge on any atom is -0.308 e. The highest BCUT2D eigenvalue weighted by Gasteiger charge is 2.08. The Bertz CT molecular complexity index is 513. The van der Waals surface area contributed by atoms with Gasteiger partial charge in [0.05, 0.1) is 12.7 Å². The van der Waals surface area contributed by atoms with Gasteiger partial charge < -0.3 is 5.32 Å². The molecule has 0 spiro atoms. The number of aryl methyl sites for hydroxylation is 2. The summed E-state index contributed by atoms with van der Waals surface area (Å²) in [6, 6.07) is 9.39. The molecule has 0 aliphatic heterocycles. The highest BCUT2D eigenvalue weighted by atomic mass is 15.3. The minimum atomic E-state index is 0.428. The maximum atomic E-state index is 4.31. The van der Waals surface area contributed by atoms with Crippen molar-refractivity contribution in [1.29, 1.82) is 0 Å². The van der Waals surface area contributed by atoms with Gasteiger partial charge in [0.2, 0.25) is 0 Å². The smallest absolute Gasteiger partial charge is 0.0534 e. The monoisotopic (exact) mass is 271 g/mol. The molecule has 2 aromatic rings. The topological polar surface area (TPSA) is 29.9 Å². The minimum absolute atomic E-state index is 0.428. The Morgan fingerprint density at radius 2 is 1.95 bits per heavy atom. The van der Waals surface area contributed by atoms with Crippen LogP contribution in [0.2, 0.25) is 0 Å². The first-order valence-electron chi connectivity index (χ1n) is 7.54. The van der Waals surface area contributed by atoms with E-state index in [4.69, 9.17) is 0 Å². The van der Waals surface area contributed by atoms with Crippen LogP contribution in [0.15, 0.2) is 36.7 Å². The van der Waals surface area contributed by atoms with Crippen LogP contribution in [0.3, 0.4) is 0 Å². The van der Waals surface area contributed by atoms with Gasteiger partial charge in [0.15, 0.2) is 0 Å². The van der Waals surface area contributed by atoms with Crippen molar-refractivity contribution >= 4 is 0 Å². The summed E-state index contributed by atoms with van der Waals surface area (Å²) in [5, 5.41) is 7.93. The summed E-state index contributed by atoms with van der Waals surface area (Å²) in [6.45, 7) is 8.34. The zero-order chi connectivity index (χ0) is 14.4. The summed E-state index contributed by atoms with van der Waals surface area (Å²) in [5.41, 5.74) is 3.99. The van der Waals surface area contributed by atoms with Gasteiger partial charge in [-0.3, -0.25) is 4.68 Å². The molecule has 2 rings (SSSR count). The fraction of sp³-hybridized carbons (Fsp3) is 0.471. The molecular weight excluding hydrogens is 246 g/mol. The van der Waals surface area contributed by atoms with Crippen molar-refractivity contribution in [3.05, 3.63) is 53.3 Å². The van der Waals surface area contributed by atoms with Gasteiger partial charge in [-0.2, -0.15) is 5.10 Å². The molecule has 0 saturated heterocycles. The number of hydrogen-bond donors (Lipinski definition) is 1. The molecule has 1 aromatic heterocycles. The van der Waals surface area contributed by atoms with E-state index in [2.05, 4.69) is 61.6 Å². The molecular formula is C17H25N3. The van der Waals surface area contributed by atoms with E-state index in [9.17, 15) is 0 Å². The average molecular weight is 271 g/mol.